The molecule has 0 atom stereocenters. The Kier molecular flexibility index (Phi) is 3.91. The Morgan fingerprint density at radius 3 is 2.53 bits per heavy atom. The molecule has 0 bridgehead atoms. The van der Waals surface area contributed by atoms with E-state index in [4.69, 9.17) is 5.14 Å². The normalized spacial score (nSPS) is 17.4. The van der Waals surface area contributed by atoms with Gasteiger partial charge in [-0.3, -0.25) is 5.10 Å². The largest absolute Gasteiger partial charge is 0.464 e. The lowest BCUT2D eigenvalue weighted by Gasteiger charge is -2.22. The van der Waals surface area contributed by atoms with E-state index in [1.165, 1.54) is 7.11 Å². The summed E-state index contributed by atoms with van der Waals surface area (Å²) < 4.78 is 27.8. The number of hydrogen-bond acceptors (Lipinski definition) is 5. The van der Waals surface area contributed by atoms with Gasteiger partial charge < -0.3 is 4.74 Å². The van der Waals surface area contributed by atoms with Gasteiger partial charge in [0.1, 0.15) is 0 Å². The fourth-order valence-electron chi connectivity index (χ4n) is 2.57. The molecule has 0 unspecified atom stereocenters. The zero-order valence-electron chi connectivity index (χ0n) is 10.7. The molecule has 0 saturated heterocycles. The van der Waals surface area contributed by atoms with Crippen LogP contribution in [0.2, 0.25) is 0 Å². The Morgan fingerprint density at radius 1 is 1.37 bits per heavy atom. The van der Waals surface area contributed by atoms with Gasteiger partial charge in [-0.05, 0) is 18.8 Å². The summed E-state index contributed by atoms with van der Waals surface area (Å²) in [6.07, 6.45) is 4.77. The highest BCUT2D eigenvalue weighted by molar-refractivity contribution is 7.89. The minimum absolute atomic E-state index is 0.0186. The second-order valence-electron chi connectivity index (χ2n) is 4.69. The van der Waals surface area contributed by atoms with Crippen molar-refractivity contribution in [1.29, 1.82) is 0 Å². The van der Waals surface area contributed by atoms with Crippen molar-refractivity contribution in [1.82, 2.24) is 10.2 Å². The average molecular weight is 287 g/mol. The molecule has 1 aliphatic carbocycles. The second kappa shape index (κ2) is 5.30. The highest BCUT2D eigenvalue weighted by Crippen LogP contribution is 2.36. The second-order valence-corrected chi connectivity index (χ2v) is 6.18. The summed E-state index contributed by atoms with van der Waals surface area (Å²) in [5, 5.41) is 11.1. The SMILES string of the molecule is COC(=O)c1n[nH]c(S(N)(=O)=O)c1C1CCCCC1. The first-order valence-electron chi connectivity index (χ1n) is 6.14. The number of esters is 1. The molecule has 2 rings (SSSR count). The van der Waals surface area contributed by atoms with Gasteiger partial charge >= 0.3 is 5.97 Å². The van der Waals surface area contributed by atoms with Crippen LogP contribution in [0.15, 0.2) is 5.03 Å². The maximum atomic E-state index is 11.7. The number of nitrogens with one attached hydrogen (secondary N) is 1. The molecule has 1 heterocycles. The monoisotopic (exact) mass is 287 g/mol. The summed E-state index contributed by atoms with van der Waals surface area (Å²) in [6.45, 7) is 0. The molecule has 3 N–H and O–H groups in total. The van der Waals surface area contributed by atoms with Crippen molar-refractivity contribution in [2.45, 2.75) is 43.0 Å². The van der Waals surface area contributed by atoms with Crippen molar-refractivity contribution >= 4 is 16.0 Å². The average Bonchev–Trinajstić information content (AvgIpc) is 2.83. The number of carbonyl (C=O) groups is 1. The molecule has 0 radical (unpaired) electrons. The summed E-state index contributed by atoms with van der Waals surface area (Å²) in [4.78, 5) is 11.7. The number of methoxy groups -OCH3 is 1. The molecule has 1 fully saturated rings. The highest BCUT2D eigenvalue weighted by atomic mass is 32.2. The van der Waals surface area contributed by atoms with E-state index < -0.39 is 16.0 Å². The molecule has 7 nitrogen and oxygen atoms in total. The van der Waals surface area contributed by atoms with Crippen molar-refractivity contribution < 1.29 is 17.9 Å². The van der Waals surface area contributed by atoms with Gasteiger partial charge in [0.2, 0.25) is 0 Å². The van der Waals surface area contributed by atoms with Crippen molar-refractivity contribution in [3.05, 3.63) is 11.3 Å². The molecule has 0 aromatic carbocycles. The molecule has 0 amide bonds. The van der Waals surface area contributed by atoms with E-state index in [1.807, 2.05) is 0 Å². The van der Waals surface area contributed by atoms with Crippen LogP contribution in [0.1, 0.15) is 54.1 Å². The van der Waals surface area contributed by atoms with Crippen LogP contribution in [0.4, 0.5) is 0 Å². The molecule has 1 aliphatic rings. The summed E-state index contributed by atoms with van der Waals surface area (Å²) in [5.74, 6) is -0.665. The predicted molar refractivity (Wildman–Crippen MR) is 67.1 cm³/mol. The first kappa shape index (κ1) is 14.0. The van der Waals surface area contributed by atoms with Gasteiger partial charge in [-0.15, -0.1) is 0 Å². The maximum Gasteiger partial charge on any atom is 0.358 e. The van der Waals surface area contributed by atoms with E-state index in [-0.39, 0.29) is 16.6 Å². The van der Waals surface area contributed by atoms with Crippen molar-refractivity contribution in [3.63, 3.8) is 0 Å². The molecule has 1 aromatic heterocycles. The Bertz CT molecular complexity index is 573. The number of rotatable bonds is 3. The molecule has 1 saturated carbocycles. The fourth-order valence-corrected chi connectivity index (χ4v) is 3.32. The fraction of sp³-hybridized carbons (Fsp3) is 0.636. The van der Waals surface area contributed by atoms with Crippen molar-refractivity contribution in [2.24, 2.45) is 5.14 Å². The lowest BCUT2D eigenvalue weighted by atomic mass is 9.84. The van der Waals surface area contributed by atoms with E-state index in [0.717, 1.165) is 32.1 Å². The molecule has 8 heteroatoms. The molecular weight excluding hydrogens is 270 g/mol. The first-order valence-corrected chi connectivity index (χ1v) is 7.69. The zero-order valence-corrected chi connectivity index (χ0v) is 11.5. The molecule has 0 spiro atoms. The van der Waals surface area contributed by atoms with Crippen LogP contribution in [0, 0.1) is 0 Å². The Labute approximate surface area is 111 Å². The van der Waals surface area contributed by atoms with Gasteiger partial charge in [-0.1, -0.05) is 19.3 Å². The zero-order chi connectivity index (χ0) is 14.0. The number of H-pyrrole nitrogens is 1. The number of hydrogen-bond donors (Lipinski definition) is 2. The van der Waals surface area contributed by atoms with E-state index in [2.05, 4.69) is 14.9 Å². The van der Waals surface area contributed by atoms with Crippen LogP contribution < -0.4 is 5.14 Å². The number of nitrogens with two attached hydrogens (primary N) is 1. The number of carbonyl (C=O) groups excluding carboxylic acids is 1. The topological polar surface area (TPSA) is 115 Å². The lowest BCUT2D eigenvalue weighted by Crippen LogP contribution is -2.18. The third-order valence-electron chi connectivity index (χ3n) is 3.45. The van der Waals surface area contributed by atoms with Crippen molar-refractivity contribution in [3.8, 4) is 0 Å². The highest BCUT2D eigenvalue weighted by Gasteiger charge is 2.31. The van der Waals surface area contributed by atoms with Gasteiger partial charge in [0.25, 0.3) is 10.0 Å². The van der Waals surface area contributed by atoms with E-state index in [9.17, 15) is 13.2 Å². The van der Waals surface area contributed by atoms with Gasteiger partial charge in [0, 0.05) is 5.56 Å². The smallest absolute Gasteiger partial charge is 0.358 e. The van der Waals surface area contributed by atoms with E-state index in [0.29, 0.717) is 5.56 Å². The van der Waals surface area contributed by atoms with Crippen LogP contribution >= 0.6 is 0 Å². The van der Waals surface area contributed by atoms with E-state index >= 15 is 0 Å². The van der Waals surface area contributed by atoms with Crippen LogP contribution in [0.3, 0.4) is 0 Å². The molecule has 106 valence electrons. The predicted octanol–water partition coefficient (Wildman–Crippen LogP) is 0.891. The number of sulfonamides is 1. The Balaban J connectivity index is 2.52. The minimum Gasteiger partial charge on any atom is -0.464 e. The number of aromatic nitrogens is 2. The number of aromatic amines is 1. The van der Waals surface area contributed by atoms with Crippen molar-refractivity contribution in [2.75, 3.05) is 7.11 Å². The van der Waals surface area contributed by atoms with E-state index in [1.54, 1.807) is 0 Å². The Morgan fingerprint density at radius 2 is 2.00 bits per heavy atom. The van der Waals surface area contributed by atoms with Crippen LogP contribution in [0.5, 0.6) is 0 Å². The van der Waals surface area contributed by atoms with Crippen LogP contribution in [-0.4, -0.2) is 31.7 Å². The lowest BCUT2D eigenvalue weighted by molar-refractivity contribution is 0.0591. The molecule has 0 aliphatic heterocycles. The van der Waals surface area contributed by atoms with Crippen LogP contribution in [-0.2, 0) is 14.8 Å². The Hall–Kier alpha value is -1.41. The number of primary sulfonamides is 1. The standard InChI is InChI=1S/C11H17N3O4S/c1-18-11(15)9-8(7-5-3-2-4-6-7)10(14-13-9)19(12,16)17/h7H,2-6H2,1H3,(H,13,14)(H2,12,16,17). The third kappa shape index (κ3) is 2.79. The molecular formula is C11H17N3O4S. The quantitative estimate of drug-likeness (QED) is 0.801. The first-order chi connectivity index (χ1) is 8.95. The summed E-state index contributed by atoms with van der Waals surface area (Å²) in [5.41, 5.74) is 0.410. The minimum atomic E-state index is -3.93. The molecule has 1 aromatic rings. The van der Waals surface area contributed by atoms with Gasteiger partial charge in [-0.2, -0.15) is 5.10 Å². The maximum absolute atomic E-state index is 11.7. The van der Waals surface area contributed by atoms with Gasteiger partial charge in [0.15, 0.2) is 10.7 Å². The number of nitrogens with zero attached hydrogens (tertiary/aromatic N) is 1. The molecule has 19 heavy (non-hydrogen) atoms. The number of ether oxygens (including phenoxy) is 1. The summed E-state index contributed by atoms with van der Waals surface area (Å²) in [6, 6.07) is 0. The van der Waals surface area contributed by atoms with Gasteiger partial charge in [0.05, 0.1) is 7.11 Å². The summed E-state index contributed by atoms with van der Waals surface area (Å²) in [7, 11) is -2.70. The third-order valence-corrected chi connectivity index (χ3v) is 4.33. The van der Waals surface area contributed by atoms with Gasteiger partial charge in [-0.25, -0.2) is 18.4 Å². The summed E-state index contributed by atoms with van der Waals surface area (Å²) >= 11 is 0. The van der Waals surface area contributed by atoms with Crippen LogP contribution in [0.25, 0.3) is 0 Å².